The summed E-state index contributed by atoms with van der Waals surface area (Å²) in [4.78, 5) is 10.8. The summed E-state index contributed by atoms with van der Waals surface area (Å²) in [5.74, 6) is 6.77. The van der Waals surface area contributed by atoms with Crippen molar-refractivity contribution in [2.45, 2.75) is 46.1 Å². The van der Waals surface area contributed by atoms with Crippen molar-refractivity contribution in [3.05, 3.63) is 6.33 Å². The number of nitrogens with one attached hydrogen (secondary N) is 1. The number of fused-ring (bicyclic) bond motifs is 2. The first-order valence-electron chi connectivity index (χ1n) is 7.17. The Kier molecular flexibility index (Phi) is 2.83. The van der Waals surface area contributed by atoms with Crippen molar-refractivity contribution in [2.75, 3.05) is 22.6 Å². The van der Waals surface area contributed by atoms with Crippen LogP contribution < -0.4 is 21.9 Å². The Morgan fingerprint density at radius 3 is 2.75 bits per heavy atom. The van der Waals surface area contributed by atoms with Crippen LogP contribution in [0.15, 0.2) is 6.33 Å². The van der Waals surface area contributed by atoms with E-state index in [2.05, 4.69) is 41.1 Å². The lowest BCUT2D eigenvalue weighted by Crippen LogP contribution is -2.35. The topological polar surface area (TPSA) is 93.1 Å². The van der Waals surface area contributed by atoms with Crippen LogP contribution in [0, 0.1) is 10.8 Å². The second-order valence-electron chi connectivity index (χ2n) is 7.45. The molecule has 2 aliphatic rings. The monoisotopic (exact) mass is 276 g/mol. The molecule has 1 aromatic rings. The maximum absolute atomic E-state index is 6.16. The minimum atomic E-state index is 0.347. The van der Waals surface area contributed by atoms with Crippen molar-refractivity contribution in [3.63, 3.8) is 0 Å². The number of anilines is 3. The van der Waals surface area contributed by atoms with Gasteiger partial charge in [-0.1, -0.05) is 20.8 Å². The molecule has 3 rings (SSSR count). The molecule has 1 aromatic heterocycles. The van der Waals surface area contributed by atoms with Gasteiger partial charge in [-0.05, 0) is 30.1 Å². The van der Waals surface area contributed by atoms with Crippen molar-refractivity contribution in [1.29, 1.82) is 0 Å². The summed E-state index contributed by atoms with van der Waals surface area (Å²) in [6.07, 6.45) is 5.17. The zero-order chi connectivity index (χ0) is 14.5. The lowest BCUT2D eigenvalue weighted by atomic mass is 9.65. The number of rotatable bonds is 2. The number of nitrogen functional groups attached to an aromatic ring is 2. The fourth-order valence-corrected chi connectivity index (χ4v) is 4.44. The van der Waals surface area contributed by atoms with Gasteiger partial charge in [0.1, 0.15) is 12.0 Å². The van der Waals surface area contributed by atoms with E-state index < -0.39 is 0 Å². The predicted molar refractivity (Wildman–Crippen MR) is 81.1 cm³/mol. The van der Waals surface area contributed by atoms with Gasteiger partial charge in [0.05, 0.1) is 0 Å². The van der Waals surface area contributed by atoms with Gasteiger partial charge in [-0.3, -0.25) is 0 Å². The highest BCUT2D eigenvalue weighted by molar-refractivity contribution is 5.75. The molecule has 1 saturated carbocycles. The van der Waals surface area contributed by atoms with E-state index in [1.807, 2.05) is 0 Å². The fraction of sp³-hybridized carbons (Fsp3) is 0.714. The Balaban J connectivity index is 1.97. The molecule has 6 heteroatoms. The molecular formula is C14H24N6. The summed E-state index contributed by atoms with van der Waals surface area (Å²) in [7, 11) is 0. The summed E-state index contributed by atoms with van der Waals surface area (Å²) >= 11 is 0. The summed E-state index contributed by atoms with van der Waals surface area (Å²) in [6, 6.07) is 0.506. The van der Waals surface area contributed by atoms with E-state index in [0.29, 0.717) is 28.4 Å². The molecular weight excluding hydrogens is 252 g/mol. The van der Waals surface area contributed by atoms with Gasteiger partial charge in [-0.15, -0.1) is 0 Å². The molecule has 0 aromatic carbocycles. The average molecular weight is 276 g/mol. The van der Waals surface area contributed by atoms with Gasteiger partial charge in [0.25, 0.3) is 0 Å². The molecule has 2 atom stereocenters. The molecule has 2 unspecified atom stereocenters. The third-order valence-electron chi connectivity index (χ3n) is 4.69. The van der Waals surface area contributed by atoms with Gasteiger partial charge >= 0.3 is 0 Å². The standard InChI is InChI=1S/C14H24N6/c1-13(2)4-9-5-14(3,6-13)7-20(9)12-10(15)11(19-16)17-8-18-12/h8-9H,4-7,15-16H2,1-3H3,(H,17,18,19). The molecule has 0 amide bonds. The summed E-state index contributed by atoms with van der Waals surface area (Å²) in [5.41, 5.74) is 9.97. The van der Waals surface area contributed by atoms with Crippen LogP contribution in [-0.2, 0) is 0 Å². The smallest absolute Gasteiger partial charge is 0.168 e. The first kappa shape index (κ1) is 13.4. The molecule has 1 aliphatic carbocycles. The minimum Gasteiger partial charge on any atom is -0.393 e. The Hall–Kier alpha value is -1.56. The lowest BCUT2D eigenvalue weighted by Gasteiger charge is -2.39. The molecule has 20 heavy (non-hydrogen) atoms. The second-order valence-corrected chi connectivity index (χ2v) is 7.45. The van der Waals surface area contributed by atoms with Gasteiger partial charge in [0, 0.05) is 12.6 Å². The highest BCUT2D eigenvalue weighted by Gasteiger charge is 2.50. The van der Waals surface area contributed by atoms with Gasteiger partial charge in [-0.25, -0.2) is 15.8 Å². The van der Waals surface area contributed by atoms with E-state index in [-0.39, 0.29) is 0 Å². The number of nitrogens with zero attached hydrogens (tertiary/aromatic N) is 3. The van der Waals surface area contributed by atoms with Crippen molar-refractivity contribution >= 4 is 17.3 Å². The molecule has 1 saturated heterocycles. The molecule has 2 heterocycles. The van der Waals surface area contributed by atoms with E-state index >= 15 is 0 Å². The SMILES string of the molecule is CC1(C)CC2CC(C)(CN2c2ncnc(NN)c2N)C1. The summed E-state index contributed by atoms with van der Waals surface area (Å²) in [5, 5.41) is 0. The molecule has 0 radical (unpaired) electrons. The molecule has 2 bridgehead atoms. The second kappa shape index (κ2) is 4.22. The van der Waals surface area contributed by atoms with E-state index in [4.69, 9.17) is 11.6 Å². The number of hydrogen-bond acceptors (Lipinski definition) is 6. The van der Waals surface area contributed by atoms with Crippen LogP contribution in [0.3, 0.4) is 0 Å². The molecule has 5 N–H and O–H groups in total. The zero-order valence-electron chi connectivity index (χ0n) is 12.5. The van der Waals surface area contributed by atoms with Gasteiger partial charge in [0.2, 0.25) is 0 Å². The van der Waals surface area contributed by atoms with E-state index in [1.54, 1.807) is 0 Å². The highest BCUT2D eigenvalue weighted by atomic mass is 15.3. The maximum Gasteiger partial charge on any atom is 0.168 e. The normalized spacial score (nSPS) is 31.4. The Labute approximate surface area is 119 Å². The van der Waals surface area contributed by atoms with E-state index in [1.165, 1.54) is 25.6 Å². The Morgan fingerprint density at radius 2 is 2.05 bits per heavy atom. The van der Waals surface area contributed by atoms with Crippen LogP contribution in [0.1, 0.15) is 40.0 Å². The fourth-order valence-electron chi connectivity index (χ4n) is 4.44. The average Bonchev–Trinajstić information content (AvgIpc) is 2.59. The zero-order valence-corrected chi connectivity index (χ0v) is 12.5. The van der Waals surface area contributed by atoms with Gasteiger partial charge in [-0.2, -0.15) is 0 Å². The number of hydrazine groups is 1. The predicted octanol–water partition coefficient (Wildman–Crippen LogP) is 1.75. The third-order valence-corrected chi connectivity index (χ3v) is 4.69. The van der Waals surface area contributed by atoms with Crippen LogP contribution >= 0.6 is 0 Å². The van der Waals surface area contributed by atoms with Crippen molar-refractivity contribution in [1.82, 2.24) is 9.97 Å². The molecule has 2 fully saturated rings. The van der Waals surface area contributed by atoms with Crippen LogP contribution in [-0.4, -0.2) is 22.6 Å². The first-order valence-corrected chi connectivity index (χ1v) is 7.17. The minimum absolute atomic E-state index is 0.347. The van der Waals surface area contributed by atoms with Gasteiger partial charge < -0.3 is 16.1 Å². The third kappa shape index (κ3) is 2.08. The molecule has 6 nitrogen and oxygen atoms in total. The number of aromatic nitrogens is 2. The van der Waals surface area contributed by atoms with Crippen LogP contribution in [0.4, 0.5) is 17.3 Å². The highest BCUT2D eigenvalue weighted by Crippen LogP contribution is 2.53. The van der Waals surface area contributed by atoms with E-state index in [9.17, 15) is 0 Å². The van der Waals surface area contributed by atoms with Crippen LogP contribution in [0.25, 0.3) is 0 Å². The number of nitrogens with two attached hydrogens (primary N) is 2. The summed E-state index contributed by atoms with van der Waals surface area (Å²) in [6.45, 7) is 8.10. The molecule has 110 valence electrons. The number of hydrogen-bond donors (Lipinski definition) is 3. The Morgan fingerprint density at radius 1 is 1.30 bits per heavy atom. The van der Waals surface area contributed by atoms with Crippen molar-refractivity contribution < 1.29 is 0 Å². The molecule has 0 spiro atoms. The quantitative estimate of drug-likeness (QED) is 0.563. The first-order chi connectivity index (χ1) is 9.34. The Bertz CT molecular complexity index is 528. The largest absolute Gasteiger partial charge is 0.393 e. The van der Waals surface area contributed by atoms with Crippen LogP contribution in [0.5, 0.6) is 0 Å². The van der Waals surface area contributed by atoms with Crippen LogP contribution in [0.2, 0.25) is 0 Å². The van der Waals surface area contributed by atoms with Crippen molar-refractivity contribution in [2.24, 2.45) is 16.7 Å². The van der Waals surface area contributed by atoms with Gasteiger partial charge in [0.15, 0.2) is 11.6 Å². The van der Waals surface area contributed by atoms with E-state index in [0.717, 1.165) is 12.4 Å². The maximum atomic E-state index is 6.16. The summed E-state index contributed by atoms with van der Waals surface area (Å²) < 4.78 is 0. The molecule has 1 aliphatic heterocycles. The lowest BCUT2D eigenvalue weighted by molar-refractivity contribution is 0.136. The van der Waals surface area contributed by atoms with Crippen molar-refractivity contribution in [3.8, 4) is 0 Å².